The van der Waals surface area contributed by atoms with Crippen molar-refractivity contribution >= 4 is 0 Å². The maximum Gasteiger partial charge on any atom is 0.0492 e. The van der Waals surface area contributed by atoms with Crippen molar-refractivity contribution in [2.75, 3.05) is 13.1 Å². The van der Waals surface area contributed by atoms with E-state index in [2.05, 4.69) is 36.4 Å². The molecule has 1 aromatic heterocycles. The van der Waals surface area contributed by atoms with Gasteiger partial charge in [-0.25, -0.2) is 0 Å². The summed E-state index contributed by atoms with van der Waals surface area (Å²) in [4.78, 5) is 0. The van der Waals surface area contributed by atoms with Gasteiger partial charge < -0.3 is 5.32 Å². The molecule has 90 valence electrons. The molecular formula is C13H23N3. The topological polar surface area (TPSA) is 29.9 Å². The Bertz CT molecular complexity index is 326. The normalized spacial score (nSPS) is 12.1. The Kier molecular flexibility index (Phi) is 5.86. The Balaban J connectivity index is 2.24. The Hall–Kier alpha value is -1.09. The lowest BCUT2D eigenvalue weighted by atomic mass is 10.1. The molecule has 0 aliphatic rings. The van der Waals surface area contributed by atoms with Gasteiger partial charge in [0.15, 0.2) is 0 Å². The first-order valence-electron chi connectivity index (χ1n) is 6.07. The van der Waals surface area contributed by atoms with Gasteiger partial charge in [-0.3, -0.25) is 4.68 Å². The molecule has 0 amide bonds. The van der Waals surface area contributed by atoms with E-state index in [9.17, 15) is 0 Å². The minimum absolute atomic E-state index is 1.06. The van der Waals surface area contributed by atoms with E-state index in [-0.39, 0.29) is 0 Å². The van der Waals surface area contributed by atoms with Crippen LogP contribution in [0.2, 0.25) is 0 Å². The summed E-state index contributed by atoms with van der Waals surface area (Å²) in [6.45, 7) is 6.49. The zero-order valence-electron chi connectivity index (χ0n) is 10.7. The first-order chi connectivity index (χ1) is 7.74. The summed E-state index contributed by atoms with van der Waals surface area (Å²) in [5, 5.41) is 7.49. The summed E-state index contributed by atoms with van der Waals surface area (Å²) in [5.41, 5.74) is 2.78. The number of hydrogen-bond donors (Lipinski definition) is 1. The van der Waals surface area contributed by atoms with Gasteiger partial charge in [-0.2, -0.15) is 5.10 Å². The standard InChI is InChI=1S/C13H23N3/c1-4-14-10-5-6-12(2)7-8-13-9-11-15-16(13)3/h6,9,11,14H,4-5,7-8,10H2,1-3H3/b12-6-. The summed E-state index contributed by atoms with van der Waals surface area (Å²) in [6, 6.07) is 2.09. The largest absolute Gasteiger partial charge is 0.317 e. The summed E-state index contributed by atoms with van der Waals surface area (Å²) < 4.78 is 1.95. The predicted octanol–water partition coefficient (Wildman–Crippen LogP) is 2.30. The van der Waals surface area contributed by atoms with Gasteiger partial charge in [0, 0.05) is 18.9 Å². The number of nitrogens with zero attached hydrogens (tertiary/aromatic N) is 2. The molecule has 0 saturated heterocycles. The maximum absolute atomic E-state index is 4.17. The van der Waals surface area contributed by atoms with Gasteiger partial charge in [-0.1, -0.05) is 18.6 Å². The quantitative estimate of drug-likeness (QED) is 0.565. The molecule has 0 aromatic carbocycles. The summed E-state index contributed by atoms with van der Waals surface area (Å²) in [7, 11) is 2.00. The van der Waals surface area contributed by atoms with Gasteiger partial charge in [0.2, 0.25) is 0 Å². The molecule has 1 heterocycles. The molecule has 1 rings (SSSR count). The predicted molar refractivity (Wildman–Crippen MR) is 68.4 cm³/mol. The minimum Gasteiger partial charge on any atom is -0.317 e. The molecule has 0 radical (unpaired) electrons. The summed E-state index contributed by atoms with van der Waals surface area (Å²) in [5.74, 6) is 0. The fourth-order valence-electron chi connectivity index (χ4n) is 1.67. The van der Waals surface area contributed by atoms with E-state index in [0.29, 0.717) is 0 Å². The average molecular weight is 221 g/mol. The van der Waals surface area contributed by atoms with Gasteiger partial charge in [-0.15, -0.1) is 0 Å². The number of aryl methyl sites for hydroxylation is 2. The van der Waals surface area contributed by atoms with Crippen LogP contribution in [0, 0.1) is 0 Å². The molecular weight excluding hydrogens is 198 g/mol. The molecule has 0 saturated carbocycles. The lowest BCUT2D eigenvalue weighted by Gasteiger charge is -2.03. The number of aromatic nitrogens is 2. The Morgan fingerprint density at radius 2 is 2.38 bits per heavy atom. The molecule has 0 aliphatic carbocycles. The molecule has 3 nitrogen and oxygen atoms in total. The summed E-state index contributed by atoms with van der Waals surface area (Å²) in [6.07, 6.45) is 7.54. The SMILES string of the molecule is CCNCC/C=C(/C)CCc1ccnn1C. The highest BCUT2D eigenvalue weighted by Gasteiger charge is 1.98. The first-order valence-corrected chi connectivity index (χ1v) is 6.07. The van der Waals surface area contributed by atoms with Crippen molar-refractivity contribution in [3.63, 3.8) is 0 Å². The van der Waals surface area contributed by atoms with E-state index in [1.807, 2.05) is 17.9 Å². The molecule has 0 aliphatic heterocycles. The zero-order chi connectivity index (χ0) is 11.8. The average Bonchev–Trinajstić information content (AvgIpc) is 2.67. The zero-order valence-corrected chi connectivity index (χ0v) is 10.7. The maximum atomic E-state index is 4.17. The van der Waals surface area contributed by atoms with Crippen LogP contribution in [0.5, 0.6) is 0 Å². The molecule has 16 heavy (non-hydrogen) atoms. The number of rotatable bonds is 7. The van der Waals surface area contributed by atoms with Crippen LogP contribution in [0.1, 0.15) is 32.4 Å². The molecule has 1 N–H and O–H groups in total. The highest BCUT2D eigenvalue weighted by atomic mass is 15.2. The van der Waals surface area contributed by atoms with Crippen LogP contribution >= 0.6 is 0 Å². The third kappa shape index (κ3) is 4.62. The van der Waals surface area contributed by atoms with Gasteiger partial charge in [0.1, 0.15) is 0 Å². The monoisotopic (exact) mass is 221 g/mol. The van der Waals surface area contributed by atoms with Crippen molar-refractivity contribution in [2.24, 2.45) is 7.05 Å². The van der Waals surface area contributed by atoms with Crippen LogP contribution < -0.4 is 5.32 Å². The number of nitrogens with one attached hydrogen (secondary N) is 1. The molecule has 0 fully saturated rings. The van der Waals surface area contributed by atoms with Crippen LogP contribution in [0.4, 0.5) is 0 Å². The van der Waals surface area contributed by atoms with Gasteiger partial charge in [0.05, 0.1) is 0 Å². The third-order valence-corrected chi connectivity index (χ3v) is 2.76. The van der Waals surface area contributed by atoms with E-state index in [0.717, 1.165) is 32.4 Å². The lowest BCUT2D eigenvalue weighted by Crippen LogP contribution is -2.13. The second-order valence-electron chi connectivity index (χ2n) is 4.14. The Morgan fingerprint density at radius 3 is 3.00 bits per heavy atom. The molecule has 0 spiro atoms. The number of hydrogen-bond acceptors (Lipinski definition) is 2. The van der Waals surface area contributed by atoms with Gasteiger partial charge in [-0.05, 0) is 45.3 Å². The van der Waals surface area contributed by atoms with Crippen LogP contribution in [0.25, 0.3) is 0 Å². The molecule has 3 heteroatoms. The van der Waals surface area contributed by atoms with Crippen molar-refractivity contribution in [3.8, 4) is 0 Å². The van der Waals surface area contributed by atoms with E-state index < -0.39 is 0 Å². The molecule has 0 atom stereocenters. The van der Waals surface area contributed by atoms with E-state index >= 15 is 0 Å². The van der Waals surface area contributed by atoms with Gasteiger partial charge >= 0.3 is 0 Å². The van der Waals surface area contributed by atoms with Crippen molar-refractivity contribution in [3.05, 3.63) is 29.6 Å². The number of allylic oxidation sites excluding steroid dienone is 1. The fraction of sp³-hybridized carbons (Fsp3) is 0.615. The second-order valence-corrected chi connectivity index (χ2v) is 4.14. The Morgan fingerprint density at radius 1 is 1.56 bits per heavy atom. The van der Waals surface area contributed by atoms with Gasteiger partial charge in [0.25, 0.3) is 0 Å². The van der Waals surface area contributed by atoms with Crippen LogP contribution in [-0.2, 0) is 13.5 Å². The summed E-state index contributed by atoms with van der Waals surface area (Å²) >= 11 is 0. The van der Waals surface area contributed by atoms with Crippen molar-refractivity contribution in [1.82, 2.24) is 15.1 Å². The van der Waals surface area contributed by atoms with Crippen LogP contribution in [0.3, 0.4) is 0 Å². The fourth-order valence-corrected chi connectivity index (χ4v) is 1.67. The van der Waals surface area contributed by atoms with E-state index in [4.69, 9.17) is 0 Å². The molecule has 1 aromatic rings. The third-order valence-electron chi connectivity index (χ3n) is 2.76. The molecule has 0 unspecified atom stereocenters. The highest BCUT2D eigenvalue weighted by molar-refractivity contribution is 5.06. The first kappa shape index (κ1) is 13.0. The minimum atomic E-state index is 1.06. The second kappa shape index (κ2) is 7.23. The molecule has 0 bridgehead atoms. The highest BCUT2D eigenvalue weighted by Crippen LogP contribution is 2.08. The van der Waals surface area contributed by atoms with Crippen LogP contribution in [0.15, 0.2) is 23.9 Å². The lowest BCUT2D eigenvalue weighted by molar-refractivity contribution is 0.698. The van der Waals surface area contributed by atoms with E-state index in [1.165, 1.54) is 11.3 Å². The Labute approximate surface area is 98.5 Å². The van der Waals surface area contributed by atoms with Crippen LogP contribution in [-0.4, -0.2) is 22.9 Å². The van der Waals surface area contributed by atoms with Crippen molar-refractivity contribution < 1.29 is 0 Å². The van der Waals surface area contributed by atoms with Crippen molar-refractivity contribution in [1.29, 1.82) is 0 Å². The van der Waals surface area contributed by atoms with E-state index in [1.54, 1.807) is 0 Å². The smallest absolute Gasteiger partial charge is 0.0492 e. The van der Waals surface area contributed by atoms with Crippen molar-refractivity contribution in [2.45, 2.75) is 33.1 Å².